The predicted octanol–water partition coefficient (Wildman–Crippen LogP) is 5.76. The van der Waals surface area contributed by atoms with Gasteiger partial charge >= 0.3 is 0 Å². The average Bonchev–Trinajstić information content (AvgIpc) is 2.93. The van der Waals surface area contributed by atoms with Crippen molar-refractivity contribution in [3.8, 4) is 5.75 Å². The van der Waals surface area contributed by atoms with Crippen LogP contribution in [0.4, 0.5) is 0 Å². The molecule has 0 spiro atoms. The quantitative estimate of drug-likeness (QED) is 0.316. The highest BCUT2D eigenvalue weighted by molar-refractivity contribution is 6.35. The summed E-state index contributed by atoms with van der Waals surface area (Å²) in [5.74, 6) is -1.20. The summed E-state index contributed by atoms with van der Waals surface area (Å²) in [6.07, 6.45) is 3.79. The largest absolute Gasteiger partial charge is 0.508 e. The molecule has 0 saturated heterocycles. The monoisotopic (exact) mass is 567 g/mol. The molecule has 1 saturated carbocycles. The van der Waals surface area contributed by atoms with Crippen LogP contribution in [0.3, 0.4) is 0 Å². The van der Waals surface area contributed by atoms with Crippen molar-refractivity contribution in [1.82, 2.24) is 15.7 Å². The van der Waals surface area contributed by atoms with Gasteiger partial charge in [-0.05, 0) is 66.9 Å². The van der Waals surface area contributed by atoms with Crippen LogP contribution in [-0.2, 0) is 16.2 Å². The summed E-state index contributed by atoms with van der Waals surface area (Å²) in [6, 6.07) is 18.3. The summed E-state index contributed by atoms with van der Waals surface area (Å²) in [6.45, 7) is 0.0635. The van der Waals surface area contributed by atoms with Gasteiger partial charge in [0, 0.05) is 27.7 Å². The molecule has 1 aliphatic carbocycles. The van der Waals surface area contributed by atoms with Crippen LogP contribution in [0.15, 0.2) is 66.7 Å². The van der Waals surface area contributed by atoms with Crippen LogP contribution >= 0.6 is 23.2 Å². The van der Waals surface area contributed by atoms with E-state index in [1.165, 1.54) is 0 Å². The SMILES string of the molecule is CN[C@H]1CCCC[C@@H]1N1C(=O)c2ccccc2[C@@H](C(=O)NOCc2cccc(O)c2)[C@@H]1c1ccc(Cl)cc1Cl. The van der Waals surface area contributed by atoms with Crippen molar-refractivity contribution in [3.63, 3.8) is 0 Å². The number of nitrogens with zero attached hydrogens (tertiary/aromatic N) is 1. The molecule has 3 aromatic carbocycles. The van der Waals surface area contributed by atoms with Crippen molar-refractivity contribution < 1.29 is 19.5 Å². The molecule has 1 fully saturated rings. The van der Waals surface area contributed by atoms with Crippen LogP contribution in [-0.4, -0.2) is 41.0 Å². The van der Waals surface area contributed by atoms with Crippen molar-refractivity contribution >= 4 is 35.0 Å². The van der Waals surface area contributed by atoms with Gasteiger partial charge in [-0.2, -0.15) is 0 Å². The van der Waals surface area contributed by atoms with E-state index in [1.807, 2.05) is 30.1 Å². The number of likely N-dealkylation sites (N-methyl/N-ethyl adjacent to an activating group) is 1. The minimum Gasteiger partial charge on any atom is -0.508 e. The van der Waals surface area contributed by atoms with E-state index in [0.717, 1.165) is 25.7 Å². The normalized spacial score (nSPS) is 22.8. The number of nitrogens with one attached hydrogen (secondary N) is 2. The molecule has 3 N–H and O–H groups in total. The van der Waals surface area contributed by atoms with Crippen LogP contribution < -0.4 is 10.8 Å². The zero-order valence-corrected chi connectivity index (χ0v) is 23.1. The van der Waals surface area contributed by atoms with E-state index < -0.39 is 17.9 Å². The van der Waals surface area contributed by atoms with E-state index in [0.29, 0.717) is 32.3 Å². The van der Waals surface area contributed by atoms with Gasteiger partial charge < -0.3 is 15.3 Å². The minimum atomic E-state index is -0.791. The highest BCUT2D eigenvalue weighted by Crippen LogP contribution is 2.47. The molecule has 9 heteroatoms. The Morgan fingerprint density at radius 2 is 1.82 bits per heavy atom. The molecule has 0 unspecified atom stereocenters. The van der Waals surface area contributed by atoms with Crippen LogP contribution in [0.25, 0.3) is 0 Å². The highest BCUT2D eigenvalue weighted by atomic mass is 35.5. The molecular formula is C30H31Cl2N3O4. The molecule has 5 rings (SSSR count). The van der Waals surface area contributed by atoms with Crippen molar-refractivity contribution in [3.05, 3.63) is 99.0 Å². The number of benzene rings is 3. The van der Waals surface area contributed by atoms with Gasteiger partial charge in [-0.15, -0.1) is 0 Å². The second kappa shape index (κ2) is 12.0. The fourth-order valence-corrected chi connectivity index (χ4v) is 6.47. The summed E-state index contributed by atoms with van der Waals surface area (Å²) >= 11 is 13.0. The first kappa shape index (κ1) is 27.5. The van der Waals surface area contributed by atoms with Gasteiger partial charge in [0.25, 0.3) is 11.8 Å². The lowest BCUT2D eigenvalue weighted by Crippen LogP contribution is -2.58. The van der Waals surface area contributed by atoms with Gasteiger partial charge in [0.15, 0.2) is 0 Å². The molecule has 0 radical (unpaired) electrons. The second-order valence-electron chi connectivity index (χ2n) is 10.1. The van der Waals surface area contributed by atoms with E-state index in [1.54, 1.807) is 48.5 Å². The lowest BCUT2D eigenvalue weighted by Gasteiger charge is -2.49. The molecule has 0 bridgehead atoms. The standard InChI is InChI=1S/C30H31Cl2N3O4/c1-33-25-11-4-5-12-26(25)35-28(23-14-13-19(31)16-24(23)32)27(21-9-2-3-10-22(21)30(35)38)29(37)34-39-17-18-7-6-8-20(36)15-18/h2-3,6-10,13-16,25-28,33,36H,4-5,11-12,17H2,1H3,(H,34,37)/t25-,26-,27+,28-/m0/s1. The fraction of sp³-hybridized carbons (Fsp3) is 0.333. The van der Waals surface area contributed by atoms with E-state index >= 15 is 0 Å². The minimum absolute atomic E-state index is 0.0635. The zero-order valence-electron chi connectivity index (χ0n) is 21.6. The van der Waals surface area contributed by atoms with Gasteiger partial charge in [0.1, 0.15) is 5.75 Å². The first-order chi connectivity index (χ1) is 18.9. The lowest BCUT2D eigenvalue weighted by molar-refractivity contribution is -0.138. The number of rotatable bonds is 7. The predicted molar refractivity (Wildman–Crippen MR) is 151 cm³/mol. The Kier molecular flexibility index (Phi) is 8.43. The van der Waals surface area contributed by atoms with Crippen molar-refractivity contribution in [2.45, 2.75) is 56.3 Å². The summed E-state index contributed by atoms with van der Waals surface area (Å²) in [4.78, 5) is 35.6. The van der Waals surface area contributed by atoms with Gasteiger partial charge in [-0.3, -0.25) is 14.4 Å². The van der Waals surface area contributed by atoms with E-state index in [2.05, 4.69) is 10.8 Å². The summed E-state index contributed by atoms with van der Waals surface area (Å²) in [7, 11) is 1.91. The molecule has 4 atom stereocenters. The van der Waals surface area contributed by atoms with Gasteiger partial charge in [-0.25, -0.2) is 5.48 Å². The molecule has 2 aliphatic rings. The summed E-state index contributed by atoms with van der Waals surface area (Å²) in [5.41, 5.74) is 5.07. The van der Waals surface area contributed by atoms with Gasteiger partial charge in [0.2, 0.25) is 0 Å². The van der Waals surface area contributed by atoms with E-state index in [4.69, 9.17) is 28.0 Å². The third-order valence-electron chi connectivity index (χ3n) is 7.72. The Hall–Kier alpha value is -3.10. The maximum atomic E-state index is 14.2. The number of carbonyl (C=O) groups excluding carboxylic acids is 2. The first-order valence-corrected chi connectivity index (χ1v) is 13.9. The van der Waals surface area contributed by atoms with Crippen molar-refractivity contribution in [2.24, 2.45) is 0 Å². The number of phenolic OH excluding ortho intramolecular Hbond substituents is 1. The Morgan fingerprint density at radius 1 is 1.03 bits per heavy atom. The molecule has 3 aromatic rings. The van der Waals surface area contributed by atoms with E-state index in [-0.39, 0.29) is 30.3 Å². The molecule has 1 aliphatic heterocycles. The second-order valence-corrected chi connectivity index (χ2v) is 10.9. The van der Waals surface area contributed by atoms with Crippen LogP contribution in [0, 0.1) is 0 Å². The lowest BCUT2D eigenvalue weighted by atomic mass is 9.76. The van der Waals surface area contributed by atoms with Crippen LogP contribution in [0.5, 0.6) is 5.75 Å². The summed E-state index contributed by atoms with van der Waals surface area (Å²) in [5, 5.41) is 14.0. The maximum absolute atomic E-state index is 14.2. The van der Waals surface area contributed by atoms with Gasteiger partial charge in [-0.1, -0.05) is 72.4 Å². The molecule has 0 aromatic heterocycles. The number of carbonyl (C=O) groups is 2. The number of hydrogen-bond acceptors (Lipinski definition) is 5. The number of hydrogen-bond donors (Lipinski definition) is 3. The van der Waals surface area contributed by atoms with E-state index in [9.17, 15) is 14.7 Å². The molecule has 1 heterocycles. The molecule has 2 amide bonds. The number of aromatic hydroxyl groups is 1. The highest BCUT2D eigenvalue weighted by Gasteiger charge is 2.49. The first-order valence-electron chi connectivity index (χ1n) is 13.1. The van der Waals surface area contributed by atoms with Crippen LogP contribution in [0.1, 0.15) is 64.7 Å². The zero-order chi connectivity index (χ0) is 27.5. The third-order valence-corrected chi connectivity index (χ3v) is 8.28. The Morgan fingerprint density at radius 3 is 2.59 bits per heavy atom. The van der Waals surface area contributed by atoms with Crippen molar-refractivity contribution in [1.29, 1.82) is 0 Å². The topological polar surface area (TPSA) is 90.9 Å². The number of amides is 2. The molecule has 204 valence electrons. The molecular weight excluding hydrogens is 537 g/mol. The Balaban J connectivity index is 1.57. The Labute approximate surface area is 238 Å². The fourth-order valence-electron chi connectivity index (χ4n) is 5.95. The smallest absolute Gasteiger partial charge is 0.255 e. The average molecular weight is 569 g/mol. The number of fused-ring (bicyclic) bond motifs is 1. The van der Waals surface area contributed by atoms with Crippen LogP contribution in [0.2, 0.25) is 10.0 Å². The van der Waals surface area contributed by atoms with Gasteiger partial charge in [0.05, 0.1) is 18.6 Å². The number of halogens is 2. The Bertz CT molecular complexity index is 1370. The third kappa shape index (κ3) is 5.63. The summed E-state index contributed by atoms with van der Waals surface area (Å²) < 4.78 is 0. The maximum Gasteiger partial charge on any atom is 0.255 e. The molecule has 39 heavy (non-hydrogen) atoms. The van der Waals surface area contributed by atoms with Crippen molar-refractivity contribution in [2.75, 3.05) is 7.05 Å². The number of phenols is 1. The number of hydroxylamine groups is 1. The molecule has 7 nitrogen and oxygen atoms in total.